The number of rotatable bonds is 5. The van der Waals surface area contributed by atoms with E-state index in [1.807, 2.05) is 4.90 Å². The van der Waals surface area contributed by atoms with Gasteiger partial charge < -0.3 is 15.0 Å². The standard InChI is InChI=1S/C24H25N3O4/c1-16(28)25-18-11-9-17(10-12-18)21-22(26-13-4-3-5-14-26)24(30)27(23(21)29)19-7-6-8-20(15-19)31-2/h6-12,15H,3-5,13-14H2,1-2H3,(H,25,28). The molecule has 4 rings (SSSR count). The Morgan fingerprint density at radius 1 is 0.968 bits per heavy atom. The number of carbonyl (C=O) groups excluding carboxylic acids is 3. The Morgan fingerprint density at radius 3 is 2.32 bits per heavy atom. The number of amides is 3. The van der Waals surface area contributed by atoms with E-state index >= 15 is 0 Å². The molecule has 7 heteroatoms. The number of imide groups is 1. The van der Waals surface area contributed by atoms with Crippen LogP contribution < -0.4 is 15.0 Å². The van der Waals surface area contributed by atoms with Crippen molar-refractivity contribution in [2.75, 3.05) is 30.4 Å². The highest BCUT2D eigenvalue weighted by atomic mass is 16.5. The Balaban J connectivity index is 1.77. The third kappa shape index (κ3) is 4.03. The van der Waals surface area contributed by atoms with Crippen LogP contribution in [0, 0.1) is 0 Å². The van der Waals surface area contributed by atoms with Gasteiger partial charge in [-0.25, -0.2) is 4.90 Å². The van der Waals surface area contributed by atoms with Gasteiger partial charge in [-0.1, -0.05) is 18.2 Å². The summed E-state index contributed by atoms with van der Waals surface area (Å²) in [5.74, 6) is -0.268. The molecule has 2 aromatic rings. The molecule has 0 aliphatic carbocycles. The van der Waals surface area contributed by atoms with E-state index in [0.717, 1.165) is 32.4 Å². The molecule has 1 saturated heterocycles. The zero-order valence-corrected chi connectivity index (χ0v) is 17.7. The maximum absolute atomic E-state index is 13.5. The summed E-state index contributed by atoms with van der Waals surface area (Å²) >= 11 is 0. The smallest absolute Gasteiger partial charge is 0.282 e. The summed E-state index contributed by atoms with van der Waals surface area (Å²) in [4.78, 5) is 41.6. The summed E-state index contributed by atoms with van der Waals surface area (Å²) in [5.41, 5.74) is 2.61. The highest BCUT2D eigenvalue weighted by molar-refractivity contribution is 6.45. The molecular weight excluding hydrogens is 394 g/mol. The molecule has 2 heterocycles. The predicted molar refractivity (Wildman–Crippen MR) is 119 cm³/mol. The van der Waals surface area contributed by atoms with Gasteiger partial charge in [0, 0.05) is 31.8 Å². The van der Waals surface area contributed by atoms with Gasteiger partial charge in [0.05, 0.1) is 18.4 Å². The Morgan fingerprint density at radius 2 is 1.68 bits per heavy atom. The first kappa shape index (κ1) is 20.7. The third-order valence-corrected chi connectivity index (χ3v) is 5.54. The van der Waals surface area contributed by atoms with Gasteiger partial charge >= 0.3 is 0 Å². The Labute approximate surface area is 181 Å². The molecule has 0 unspecified atom stereocenters. The second kappa shape index (κ2) is 8.63. The van der Waals surface area contributed by atoms with E-state index in [1.165, 1.54) is 11.8 Å². The van der Waals surface area contributed by atoms with Crippen LogP contribution in [0.1, 0.15) is 31.7 Å². The van der Waals surface area contributed by atoms with Gasteiger partial charge in [-0.3, -0.25) is 14.4 Å². The molecule has 1 fully saturated rings. The molecule has 0 aromatic heterocycles. The largest absolute Gasteiger partial charge is 0.497 e. The number of hydrogen-bond donors (Lipinski definition) is 1. The number of benzene rings is 2. The molecule has 2 aliphatic heterocycles. The lowest BCUT2D eigenvalue weighted by Gasteiger charge is -2.29. The van der Waals surface area contributed by atoms with Crippen LogP contribution in [0.4, 0.5) is 11.4 Å². The van der Waals surface area contributed by atoms with Gasteiger partial charge in [-0.05, 0) is 49.1 Å². The molecule has 2 aliphatic rings. The number of methoxy groups -OCH3 is 1. The van der Waals surface area contributed by atoms with Crippen molar-refractivity contribution in [3.8, 4) is 5.75 Å². The van der Waals surface area contributed by atoms with Crippen molar-refractivity contribution >= 4 is 34.7 Å². The maximum atomic E-state index is 13.5. The second-order valence-electron chi connectivity index (χ2n) is 7.68. The van der Waals surface area contributed by atoms with Gasteiger partial charge in [-0.2, -0.15) is 0 Å². The summed E-state index contributed by atoms with van der Waals surface area (Å²) in [5, 5.41) is 2.72. The SMILES string of the molecule is COc1cccc(N2C(=O)C(c3ccc(NC(C)=O)cc3)=C(N3CCCCC3)C2=O)c1. The molecule has 1 N–H and O–H groups in total. The van der Waals surface area contributed by atoms with E-state index in [0.29, 0.717) is 34.0 Å². The van der Waals surface area contributed by atoms with E-state index < -0.39 is 0 Å². The number of likely N-dealkylation sites (tertiary alicyclic amines) is 1. The van der Waals surface area contributed by atoms with Crippen LogP contribution in [0.2, 0.25) is 0 Å². The van der Waals surface area contributed by atoms with Crippen LogP contribution in [0.3, 0.4) is 0 Å². The minimum absolute atomic E-state index is 0.169. The lowest BCUT2D eigenvalue weighted by molar-refractivity contribution is -0.121. The summed E-state index contributed by atoms with van der Waals surface area (Å²) < 4.78 is 5.28. The van der Waals surface area contributed by atoms with Crippen molar-refractivity contribution in [1.82, 2.24) is 4.90 Å². The molecule has 2 aromatic carbocycles. The highest BCUT2D eigenvalue weighted by Crippen LogP contribution is 2.37. The first-order chi connectivity index (χ1) is 15.0. The molecule has 31 heavy (non-hydrogen) atoms. The zero-order chi connectivity index (χ0) is 22.0. The maximum Gasteiger partial charge on any atom is 0.282 e. The van der Waals surface area contributed by atoms with Gasteiger partial charge in [0.15, 0.2) is 0 Å². The quantitative estimate of drug-likeness (QED) is 0.752. The number of nitrogens with zero attached hydrogens (tertiary/aromatic N) is 2. The molecule has 7 nitrogen and oxygen atoms in total. The molecule has 3 amide bonds. The molecular formula is C24H25N3O4. The van der Waals surface area contributed by atoms with Crippen LogP contribution in [0.15, 0.2) is 54.2 Å². The number of anilines is 2. The summed E-state index contributed by atoms with van der Waals surface area (Å²) in [6, 6.07) is 14.0. The molecule has 0 atom stereocenters. The van der Waals surface area contributed by atoms with Gasteiger partial charge in [0.2, 0.25) is 5.91 Å². The van der Waals surface area contributed by atoms with E-state index in [1.54, 1.807) is 55.6 Å². The number of piperidine rings is 1. The van der Waals surface area contributed by atoms with Gasteiger partial charge in [0.1, 0.15) is 11.4 Å². The fourth-order valence-corrected chi connectivity index (χ4v) is 4.10. The first-order valence-corrected chi connectivity index (χ1v) is 10.4. The lowest BCUT2D eigenvalue weighted by Crippen LogP contribution is -2.37. The Kier molecular flexibility index (Phi) is 5.75. The van der Waals surface area contributed by atoms with Crippen molar-refractivity contribution in [2.45, 2.75) is 26.2 Å². The number of ether oxygens (including phenoxy) is 1. The first-order valence-electron chi connectivity index (χ1n) is 10.4. The third-order valence-electron chi connectivity index (χ3n) is 5.54. The van der Waals surface area contributed by atoms with Crippen LogP contribution in [-0.2, 0) is 14.4 Å². The van der Waals surface area contributed by atoms with Crippen LogP contribution in [0.25, 0.3) is 5.57 Å². The fourth-order valence-electron chi connectivity index (χ4n) is 4.10. The molecule has 0 spiro atoms. The Bertz CT molecular complexity index is 1050. The van der Waals surface area contributed by atoms with Crippen molar-refractivity contribution in [3.63, 3.8) is 0 Å². The monoisotopic (exact) mass is 419 g/mol. The average Bonchev–Trinajstić information content (AvgIpc) is 3.04. The van der Waals surface area contributed by atoms with Crippen LogP contribution >= 0.6 is 0 Å². The van der Waals surface area contributed by atoms with Crippen molar-refractivity contribution in [2.24, 2.45) is 0 Å². The summed E-state index contributed by atoms with van der Waals surface area (Å²) in [6.07, 6.45) is 3.09. The fraction of sp³-hybridized carbons (Fsp3) is 0.292. The van der Waals surface area contributed by atoms with Crippen molar-refractivity contribution in [1.29, 1.82) is 0 Å². The van der Waals surface area contributed by atoms with Crippen molar-refractivity contribution < 1.29 is 19.1 Å². The Hall–Kier alpha value is -3.61. The molecule has 0 bridgehead atoms. The normalized spacial score (nSPS) is 16.7. The highest BCUT2D eigenvalue weighted by Gasteiger charge is 2.42. The second-order valence-corrected chi connectivity index (χ2v) is 7.68. The summed E-state index contributed by atoms with van der Waals surface area (Å²) in [6.45, 7) is 2.93. The zero-order valence-electron chi connectivity index (χ0n) is 17.7. The van der Waals surface area contributed by atoms with Crippen molar-refractivity contribution in [3.05, 3.63) is 59.8 Å². The minimum Gasteiger partial charge on any atom is -0.497 e. The number of nitrogens with one attached hydrogen (secondary N) is 1. The predicted octanol–water partition coefficient (Wildman–Crippen LogP) is 3.42. The van der Waals surface area contributed by atoms with Gasteiger partial charge in [0.25, 0.3) is 11.8 Å². The van der Waals surface area contributed by atoms with E-state index in [2.05, 4.69) is 5.32 Å². The van der Waals surface area contributed by atoms with Crippen LogP contribution in [0.5, 0.6) is 5.75 Å². The van der Waals surface area contributed by atoms with E-state index in [-0.39, 0.29) is 17.7 Å². The average molecular weight is 419 g/mol. The van der Waals surface area contributed by atoms with E-state index in [4.69, 9.17) is 4.74 Å². The molecule has 160 valence electrons. The number of carbonyl (C=O) groups is 3. The molecule has 0 radical (unpaired) electrons. The topological polar surface area (TPSA) is 79.0 Å². The lowest BCUT2D eigenvalue weighted by atomic mass is 10.0. The molecule has 0 saturated carbocycles. The van der Waals surface area contributed by atoms with Gasteiger partial charge in [-0.15, -0.1) is 0 Å². The van der Waals surface area contributed by atoms with E-state index in [9.17, 15) is 14.4 Å². The summed E-state index contributed by atoms with van der Waals surface area (Å²) in [7, 11) is 1.55. The number of hydrogen-bond acceptors (Lipinski definition) is 5. The minimum atomic E-state index is -0.355. The van der Waals surface area contributed by atoms with Crippen LogP contribution in [-0.4, -0.2) is 42.8 Å².